The Labute approximate surface area is 126 Å². The largest absolute Gasteiger partial charge is 0.464 e. The van der Waals surface area contributed by atoms with E-state index in [4.69, 9.17) is 10.5 Å². The van der Waals surface area contributed by atoms with E-state index in [1.165, 1.54) is 12.8 Å². The topological polar surface area (TPSA) is 55.6 Å². The molecule has 3 rings (SSSR count). The Kier molecular flexibility index (Phi) is 4.27. The van der Waals surface area contributed by atoms with Crippen molar-refractivity contribution in [1.29, 1.82) is 0 Å². The summed E-state index contributed by atoms with van der Waals surface area (Å²) in [6, 6.07) is 10.1. The number of fused-ring (bicyclic) bond motifs is 2. The summed E-state index contributed by atoms with van der Waals surface area (Å²) in [5, 5.41) is 0. The highest BCUT2D eigenvalue weighted by Crippen LogP contribution is 2.37. The van der Waals surface area contributed by atoms with Crippen molar-refractivity contribution in [3.63, 3.8) is 0 Å². The molecular weight excluding hydrogens is 264 g/mol. The van der Waals surface area contributed by atoms with Crippen LogP contribution in [0.5, 0.6) is 0 Å². The lowest BCUT2D eigenvalue weighted by atomic mass is 9.92. The number of carbonyl (C=O) groups excluding carboxylic acids is 1. The second-order valence-corrected chi connectivity index (χ2v) is 6.41. The molecule has 1 aromatic carbocycles. The Morgan fingerprint density at radius 3 is 2.52 bits per heavy atom. The van der Waals surface area contributed by atoms with Crippen LogP contribution in [0.3, 0.4) is 0 Å². The van der Waals surface area contributed by atoms with Gasteiger partial charge in [0.05, 0.1) is 6.61 Å². The van der Waals surface area contributed by atoms with Gasteiger partial charge in [0.1, 0.15) is 6.04 Å². The third kappa shape index (κ3) is 3.11. The van der Waals surface area contributed by atoms with Crippen LogP contribution in [0.15, 0.2) is 30.3 Å². The summed E-state index contributed by atoms with van der Waals surface area (Å²) in [5.41, 5.74) is 6.77. The summed E-state index contributed by atoms with van der Waals surface area (Å²) in [4.78, 5) is 14.6. The number of piperidine rings is 1. The second kappa shape index (κ2) is 6.16. The van der Waals surface area contributed by atoms with E-state index in [9.17, 15) is 4.79 Å². The average Bonchev–Trinajstić information content (AvgIpc) is 2.75. The molecule has 2 heterocycles. The highest BCUT2D eigenvalue weighted by Gasteiger charge is 2.38. The lowest BCUT2D eigenvalue weighted by Crippen LogP contribution is -2.41. The molecular formula is C17H24N2O2. The minimum absolute atomic E-state index is 0.313. The fourth-order valence-electron chi connectivity index (χ4n) is 3.75. The maximum absolute atomic E-state index is 12.1. The smallest absolute Gasteiger partial charge is 0.327 e. The fraction of sp³-hybridized carbons (Fsp3) is 0.588. The Morgan fingerprint density at radius 2 is 1.90 bits per heavy atom. The van der Waals surface area contributed by atoms with Gasteiger partial charge in [-0.15, -0.1) is 0 Å². The van der Waals surface area contributed by atoms with Gasteiger partial charge in [-0.25, -0.2) is 4.79 Å². The molecule has 0 amide bonds. The SMILES string of the molecule is CN1C2CC[C@@H]1CC(COC(=O)C(N)c1ccccc1)C2. The first-order valence-electron chi connectivity index (χ1n) is 7.84. The van der Waals surface area contributed by atoms with Crippen LogP contribution in [0, 0.1) is 5.92 Å². The van der Waals surface area contributed by atoms with E-state index in [1.54, 1.807) is 0 Å². The third-order valence-corrected chi connectivity index (χ3v) is 5.07. The molecule has 1 aromatic rings. The maximum atomic E-state index is 12.1. The van der Waals surface area contributed by atoms with Crippen molar-refractivity contribution >= 4 is 5.97 Å². The van der Waals surface area contributed by atoms with Gasteiger partial charge in [-0.3, -0.25) is 0 Å². The van der Waals surface area contributed by atoms with E-state index in [1.807, 2.05) is 30.3 Å². The first kappa shape index (κ1) is 14.5. The predicted octanol–water partition coefficient (Wildman–Crippen LogP) is 2.10. The Morgan fingerprint density at radius 1 is 1.29 bits per heavy atom. The number of esters is 1. The standard InChI is InChI=1S/C17H24N2O2/c1-19-14-7-8-15(19)10-12(9-14)11-21-17(20)16(18)13-5-3-2-4-6-13/h2-6,12,14-16H,7-11,18H2,1H3/t12?,14-,15?,16?/m1/s1. The van der Waals surface area contributed by atoms with Crippen molar-refractivity contribution in [3.8, 4) is 0 Å². The quantitative estimate of drug-likeness (QED) is 0.862. The normalized spacial score (nSPS) is 30.1. The van der Waals surface area contributed by atoms with Crippen molar-refractivity contribution in [2.45, 2.75) is 43.8 Å². The molecule has 0 saturated carbocycles. The molecule has 0 aromatic heterocycles. The molecule has 4 nitrogen and oxygen atoms in total. The Hall–Kier alpha value is -1.39. The number of nitrogens with two attached hydrogens (primary N) is 1. The van der Waals surface area contributed by atoms with Crippen molar-refractivity contribution in [3.05, 3.63) is 35.9 Å². The summed E-state index contributed by atoms with van der Waals surface area (Å²) in [7, 11) is 2.22. The van der Waals surface area contributed by atoms with Gasteiger partial charge in [-0.2, -0.15) is 0 Å². The van der Waals surface area contributed by atoms with Gasteiger partial charge >= 0.3 is 5.97 Å². The van der Waals surface area contributed by atoms with E-state index in [0.29, 0.717) is 24.6 Å². The molecule has 3 unspecified atom stereocenters. The molecule has 0 radical (unpaired) electrons. The molecule has 0 spiro atoms. The monoisotopic (exact) mass is 288 g/mol. The number of rotatable bonds is 4. The molecule has 2 aliphatic rings. The Balaban J connectivity index is 1.50. The molecule has 2 aliphatic heterocycles. The van der Waals surface area contributed by atoms with Crippen molar-refractivity contribution in [1.82, 2.24) is 4.90 Å². The minimum atomic E-state index is -0.672. The van der Waals surface area contributed by atoms with Crippen LogP contribution >= 0.6 is 0 Å². The minimum Gasteiger partial charge on any atom is -0.464 e. The van der Waals surface area contributed by atoms with Crippen LogP contribution in [0.1, 0.15) is 37.3 Å². The van der Waals surface area contributed by atoms with Gasteiger partial charge in [0.25, 0.3) is 0 Å². The number of ether oxygens (including phenoxy) is 1. The average molecular weight is 288 g/mol. The molecule has 2 fully saturated rings. The van der Waals surface area contributed by atoms with E-state index < -0.39 is 6.04 Å². The van der Waals surface area contributed by atoms with Gasteiger partial charge in [0, 0.05) is 12.1 Å². The first-order chi connectivity index (χ1) is 10.1. The van der Waals surface area contributed by atoms with Crippen LogP contribution < -0.4 is 5.73 Å². The zero-order valence-electron chi connectivity index (χ0n) is 12.6. The molecule has 0 aliphatic carbocycles. The zero-order chi connectivity index (χ0) is 14.8. The van der Waals surface area contributed by atoms with Gasteiger partial charge in [-0.1, -0.05) is 30.3 Å². The fourth-order valence-corrected chi connectivity index (χ4v) is 3.75. The number of nitrogens with zero attached hydrogens (tertiary/aromatic N) is 1. The van der Waals surface area contributed by atoms with Crippen LogP contribution in [0.25, 0.3) is 0 Å². The van der Waals surface area contributed by atoms with Crippen LogP contribution in [-0.2, 0) is 9.53 Å². The van der Waals surface area contributed by atoms with Gasteiger partial charge in [0.2, 0.25) is 0 Å². The summed E-state index contributed by atoms with van der Waals surface area (Å²) in [6.07, 6.45) is 4.85. The van der Waals surface area contributed by atoms with Crippen LogP contribution in [0.2, 0.25) is 0 Å². The lowest BCUT2D eigenvalue weighted by molar-refractivity contribution is -0.147. The Bertz CT molecular complexity index is 477. The van der Waals surface area contributed by atoms with Gasteiger partial charge in [-0.05, 0) is 44.2 Å². The van der Waals surface area contributed by atoms with E-state index in [-0.39, 0.29) is 5.97 Å². The van der Waals surface area contributed by atoms with E-state index in [2.05, 4.69) is 11.9 Å². The van der Waals surface area contributed by atoms with Crippen LogP contribution in [-0.4, -0.2) is 36.6 Å². The second-order valence-electron chi connectivity index (χ2n) is 6.41. The summed E-state index contributed by atoms with van der Waals surface area (Å²) in [6.45, 7) is 0.514. The van der Waals surface area contributed by atoms with Crippen LogP contribution in [0.4, 0.5) is 0 Å². The predicted molar refractivity (Wildman–Crippen MR) is 81.6 cm³/mol. The number of benzene rings is 1. The first-order valence-corrected chi connectivity index (χ1v) is 7.84. The van der Waals surface area contributed by atoms with E-state index >= 15 is 0 Å². The summed E-state index contributed by atoms with van der Waals surface area (Å²) >= 11 is 0. The van der Waals surface area contributed by atoms with E-state index in [0.717, 1.165) is 18.4 Å². The van der Waals surface area contributed by atoms with Crippen molar-refractivity contribution in [2.24, 2.45) is 11.7 Å². The molecule has 114 valence electrons. The highest BCUT2D eigenvalue weighted by atomic mass is 16.5. The highest BCUT2D eigenvalue weighted by molar-refractivity contribution is 5.77. The molecule has 4 heteroatoms. The molecule has 21 heavy (non-hydrogen) atoms. The number of hydrogen-bond donors (Lipinski definition) is 1. The number of carbonyl (C=O) groups is 1. The van der Waals surface area contributed by atoms with Gasteiger partial charge in [0.15, 0.2) is 0 Å². The zero-order valence-corrected chi connectivity index (χ0v) is 12.6. The maximum Gasteiger partial charge on any atom is 0.327 e. The summed E-state index contributed by atoms with van der Waals surface area (Å²) in [5.74, 6) is 0.179. The molecule has 2 N–H and O–H groups in total. The van der Waals surface area contributed by atoms with Crippen molar-refractivity contribution in [2.75, 3.05) is 13.7 Å². The number of hydrogen-bond acceptors (Lipinski definition) is 4. The van der Waals surface area contributed by atoms with Crippen molar-refractivity contribution < 1.29 is 9.53 Å². The molecule has 2 bridgehead atoms. The molecule has 2 saturated heterocycles. The molecule has 4 atom stereocenters. The lowest BCUT2D eigenvalue weighted by Gasteiger charge is -2.36. The summed E-state index contributed by atoms with van der Waals surface area (Å²) < 4.78 is 5.47. The third-order valence-electron chi connectivity index (χ3n) is 5.07. The van der Waals surface area contributed by atoms with Gasteiger partial charge < -0.3 is 15.4 Å².